The van der Waals surface area contributed by atoms with Gasteiger partial charge in [-0.3, -0.25) is 4.79 Å². The van der Waals surface area contributed by atoms with Crippen LogP contribution in [0.5, 0.6) is 0 Å². The molecule has 1 aromatic heterocycles. The number of benzene rings is 1. The molecule has 1 fully saturated rings. The third kappa shape index (κ3) is 3.89. The summed E-state index contributed by atoms with van der Waals surface area (Å²) in [7, 11) is 0. The smallest absolute Gasteiger partial charge is 0.233 e. The fraction of sp³-hybridized carbons (Fsp3) is 0.526. The van der Waals surface area contributed by atoms with Gasteiger partial charge in [-0.05, 0) is 32.8 Å². The van der Waals surface area contributed by atoms with Crippen LogP contribution in [0, 0.1) is 6.92 Å². The topological polar surface area (TPSA) is 46.1 Å². The highest BCUT2D eigenvalue weighted by molar-refractivity contribution is 8.00. The van der Waals surface area contributed by atoms with E-state index in [2.05, 4.69) is 21.8 Å². The number of hydrogen-bond donors (Lipinski definition) is 0. The Morgan fingerprint density at radius 3 is 2.71 bits per heavy atom. The molecule has 1 aliphatic rings. The predicted molar refractivity (Wildman–Crippen MR) is 99.3 cm³/mol. The van der Waals surface area contributed by atoms with Gasteiger partial charge in [0.25, 0.3) is 0 Å². The summed E-state index contributed by atoms with van der Waals surface area (Å²) in [5.41, 5.74) is 0.944. The molecule has 0 aliphatic heterocycles. The van der Waals surface area contributed by atoms with Gasteiger partial charge in [-0.1, -0.05) is 49.2 Å². The minimum Gasteiger partial charge on any atom is -0.339 e. The van der Waals surface area contributed by atoms with E-state index in [4.69, 9.17) is 0 Å². The molecule has 128 valence electrons. The number of nitrogens with zero attached hydrogens (tertiary/aromatic N) is 3. The second-order valence-electron chi connectivity index (χ2n) is 6.35. The predicted octanol–water partition coefficient (Wildman–Crippen LogP) is 4.21. The van der Waals surface area contributed by atoms with Gasteiger partial charge in [0.15, 0.2) is 0 Å². The molecule has 1 saturated carbocycles. The molecule has 2 aromatic rings. The van der Waals surface area contributed by atoms with Crippen molar-refractivity contribution in [3.05, 3.63) is 30.1 Å². The Hall–Kier alpha value is -1.62. The Bertz CT molecular complexity index is 713. The van der Waals surface area contributed by atoms with Crippen molar-refractivity contribution in [2.75, 3.05) is 12.3 Å². The SMILES string of the molecule is CCN(C(=O)CSc1nc(C)nc2ccccc12)C1CCCCC1. The van der Waals surface area contributed by atoms with E-state index in [1.165, 1.54) is 31.0 Å². The first kappa shape index (κ1) is 17.2. The molecule has 0 saturated heterocycles. The van der Waals surface area contributed by atoms with Crippen LogP contribution < -0.4 is 0 Å². The van der Waals surface area contributed by atoms with Gasteiger partial charge in [0.2, 0.25) is 5.91 Å². The van der Waals surface area contributed by atoms with E-state index in [0.717, 1.165) is 41.1 Å². The summed E-state index contributed by atoms with van der Waals surface area (Å²) in [5.74, 6) is 1.43. The zero-order valence-corrected chi connectivity index (χ0v) is 15.3. The lowest BCUT2D eigenvalue weighted by atomic mass is 9.94. The van der Waals surface area contributed by atoms with E-state index in [1.54, 1.807) is 0 Å². The van der Waals surface area contributed by atoms with Gasteiger partial charge in [-0.15, -0.1) is 0 Å². The van der Waals surface area contributed by atoms with Gasteiger partial charge >= 0.3 is 0 Å². The van der Waals surface area contributed by atoms with Crippen molar-refractivity contribution in [1.82, 2.24) is 14.9 Å². The number of amides is 1. The van der Waals surface area contributed by atoms with E-state index in [9.17, 15) is 4.79 Å². The number of aromatic nitrogens is 2. The Morgan fingerprint density at radius 2 is 1.96 bits per heavy atom. The maximum atomic E-state index is 12.7. The van der Waals surface area contributed by atoms with E-state index in [1.807, 2.05) is 31.2 Å². The third-order valence-corrected chi connectivity index (χ3v) is 5.66. The lowest BCUT2D eigenvalue weighted by molar-refractivity contribution is -0.131. The molecule has 0 bridgehead atoms. The van der Waals surface area contributed by atoms with Gasteiger partial charge in [0.1, 0.15) is 10.9 Å². The summed E-state index contributed by atoms with van der Waals surface area (Å²) in [6, 6.07) is 8.43. The van der Waals surface area contributed by atoms with Gasteiger partial charge < -0.3 is 4.90 Å². The van der Waals surface area contributed by atoms with Crippen LogP contribution in [-0.2, 0) is 4.79 Å². The number of carbonyl (C=O) groups excluding carboxylic acids is 1. The van der Waals surface area contributed by atoms with Crippen LogP contribution in [0.15, 0.2) is 29.3 Å². The van der Waals surface area contributed by atoms with Gasteiger partial charge in [-0.25, -0.2) is 9.97 Å². The fourth-order valence-electron chi connectivity index (χ4n) is 3.51. The van der Waals surface area contributed by atoms with Crippen molar-refractivity contribution < 1.29 is 4.79 Å². The molecule has 1 aromatic carbocycles. The number of para-hydroxylation sites is 1. The number of rotatable bonds is 5. The Kier molecular flexibility index (Phi) is 5.72. The molecule has 1 amide bonds. The molecule has 0 spiro atoms. The van der Waals surface area contributed by atoms with Crippen molar-refractivity contribution in [2.45, 2.75) is 57.0 Å². The minimum absolute atomic E-state index is 0.231. The van der Waals surface area contributed by atoms with E-state index >= 15 is 0 Å². The lowest BCUT2D eigenvalue weighted by Crippen LogP contribution is -2.42. The number of fused-ring (bicyclic) bond motifs is 1. The highest BCUT2D eigenvalue weighted by Gasteiger charge is 2.24. The third-order valence-electron chi connectivity index (χ3n) is 4.69. The van der Waals surface area contributed by atoms with Crippen LogP contribution in [0.3, 0.4) is 0 Å². The maximum Gasteiger partial charge on any atom is 0.233 e. The summed E-state index contributed by atoms with van der Waals surface area (Å²) in [4.78, 5) is 23.8. The van der Waals surface area contributed by atoms with Crippen LogP contribution in [0.4, 0.5) is 0 Å². The van der Waals surface area contributed by atoms with Gasteiger partial charge in [0.05, 0.1) is 11.3 Å². The van der Waals surface area contributed by atoms with Crippen molar-refractivity contribution in [2.24, 2.45) is 0 Å². The molecule has 1 heterocycles. The number of aryl methyl sites for hydroxylation is 1. The molecule has 4 nitrogen and oxygen atoms in total. The normalized spacial score (nSPS) is 15.6. The second-order valence-corrected chi connectivity index (χ2v) is 7.32. The summed E-state index contributed by atoms with van der Waals surface area (Å²) in [6.07, 6.45) is 6.11. The monoisotopic (exact) mass is 343 g/mol. The molecular weight excluding hydrogens is 318 g/mol. The van der Waals surface area contributed by atoms with E-state index in [-0.39, 0.29) is 5.91 Å². The van der Waals surface area contributed by atoms with Crippen molar-refractivity contribution in [3.8, 4) is 0 Å². The largest absolute Gasteiger partial charge is 0.339 e. The first-order valence-electron chi connectivity index (χ1n) is 8.84. The summed E-state index contributed by atoms with van der Waals surface area (Å²) in [5, 5.41) is 1.94. The van der Waals surface area contributed by atoms with Gasteiger partial charge in [-0.2, -0.15) is 0 Å². The van der Waals surface area contributed by atoms with Crippen molar-refractivity contribution in [1.29, 1.82) is 0 Å². The summed E-state index contributed by atoms with van der Waals surface area (Å²) >= 11 is 1.54. The van der Waals surface area contributed by atoms with Crippen LogP contribution >= 0.6 is 11.8 Å². The van der Waals surface area contributed by atoms with E-state index < -0.39 is 0 Å². The van der Waals surface area contributed by atoms with Crippen molar-refractivity contribution in [3.63, 3.8) is 0 Å². The molecule has 0 radical (unpaired) electrons. The first-order valence-corrected chi connectivity index (χ1v) is 9.83. The van der Waals surface area contributed by atoms with Gasteiger partial charge in [0, 0.05) is 18.0 Å². The van der Waals surface area contributed by atoms with Crippen LogP contribution in [0.2, 0.25) is 0 Å². The number of hydrogen-bond acceptors (Lipinski definition) is 4. The molecule has 5 heteroatoms. The molecule has 0 atom stereocenters. The van der Waals surface area contributed by atoms with E-state index in [0.29, 0.717) is 11.8 Å². The fourth-order valence-corrected chi connectivity index (χ4v) is 4.46. The average Bonchev–Trinajstić information content (AvgIpc) is 2.61. The number of thioether (sulfide) groups is 1. The molecule has 0 unspecified atom stereocenters. The molecule has 3 rings (SSSR count). The summed E-state index contributed by atoms with van der Waals surface area (Å²) in [6.45, 7) is 4.79. The molecule has 1 aliphatic carbocycles. The van der Waals surface area contributed by atoms with Crippen molar-refractivity contribution >= 4 is 28.6 Å². The second kappa shape index (κ2) is 7.97. The Labute approximate surface area is 148 Å². The Balaban J connectivity index is 1.71. The zero-order chi connectivity index (χ0) is 16.9. The van der Waals surface area contributed by atoms with Crippen LogP contribution in [0.25, 0.3) is 10.9 Å². The maximum absolute atomic E-state index is 12.7. The Morgan fingerprint density at radius 1 is 1.21 bits per heavy atom. The molecular formula is C19H25N3OS. The highest BCUT2D eigenvalue weighted by atomic mass is 32.2. The molecule has 0 N–H and O–H groups in total. The quantitative estimate of drug-likeness (QED) is 0.602. The first-order chi connectivity index (χ1) is 11.7. The average molecular weight is 343 g/mol. The molecule has 24 heavy (non-hydrogen) atoms. The summed E-state index contributed by atoms with van der Waals surface area (Å²) < 4.78 is 0. The highest BCUT2D eigenvalue weighted by Crippen LogP contribution is 2.27. The zero-order valence-electron chi connectivity index (χ0n) is 14.5. The lowest BCUT2D eigenvalue weighted by Gasteiger charge is -2.33. The number of carbonyl (C=O) groups is 1. The van der Waals surface area contributed by atoms with Crippen LogP contribution in [-0.4, -0.2) is 39.1 Å². The van der Waals surface area contributed by atoms with Crippen LogP contribution in [0.1, 0.15) is 44.9 Å². The standard InChI is InChI=1S/C19H25N3OS/c1-3-22(15-9-5-4-6-10-15)18(23)13-24-19-16-11-7-8-12-17(16)20-14(2)21-19/h7-8,11-12,15H,3-6,9-10,13H2,1-2H3. The minimum atomic E-state index is 0.231.